The van der Waals surface area contributed by atoms with E-state index in [9.17, 15) is 0 Å². The van der Waals surface area contributed by atoms with Crippen LogP contribution in [0.25, 0.3) is 0 Å². The summed E-state index contributed by atoms with van der Waals surface area (Å²) in [5, 5.41) is 0. The quantitative estimate of drug-likeness (QED) is 0.227. The van der Waals surface area contributed by atoms with Crippen LogP contribution in [0.5, 0.6) is 0 Å². The molecule has 0 unspecified atom stereocenters. The van der Waals surface area contributed by atoms with Gasteiger partial charge in [-0.3, -0.25) is 0 Å². The van der Waals surface area contributed by atoms with Gasteiger partial charge in [-0.25, -0.2) is 0 Å². The van der Waals surface area contributed by atoms with Gasteiger partial charge < -0.3 is 0 Å². The van der Waals surface area contributed by atoms with Gasteiger partial charge in [-0.2, -0.15) is 0 Å². The van der Waals surface area contributed by atoms with Gasteiger partial charge in [0.2, 0.25) is 0 Å². The normalized spacial score (nSPS) is 11.4. The van der Waals surface area contributed by atoms with Crippen molar-refractivity contribution in [2.75, 3.05) is 36.0 Å². The zero-order valence-electron chi connectivity index (χ0n) is 23.5. The van der Waals surface area contributed by atoms with Gasteiger partial charge in [0.05, 0.1) is 0 Å². The first kappa shape index (κ1) is 27.3. The van der Waals surface area contributed by atoms with E-state index in [0.29, 0.717) is 0 Å². The number of hydrogen-bond donors (Lipinski definition) is 0. The Bertz CT molecular complexity index is 1190. The molecule has 0 aliphatic heterocycles. The number of nitrogens with zero attached hydrogens (tertiary/aromatic N) is 2. The van der Waals surface area contributed by atoms with E-state index in [4.69, 9.17) is 0 Å². The van der Waals surface area contributed by atoms with Crippen LogP contribution in [0.4, 0.5) is 11.4 Å². The average Bonchev–Trinajstić information content (AvgIpc) is 2.93. The van der Waals surface area contributed by atoms with Crippen LogP contribution in [0, 0.1) is 13.8 Å². The zero-order valence-corrected chi connectivity index (χ0v) is 26.3. The minimum absolute atomic E-state index is 1.02. The van der Waals surface area contributed by atoms with E-state index in [1.807, 2.05) is 0 Å². The molecule has 0 saturated heterocycles. The van der Waals surface area contributed by atoms with E-state index in [-0.39, 0.29) is 0 Å². The van der Waals surface area contributed by atoms with Gasteiger partial charge in [-0.05, 0) is 0 Å². The Balaban J connectivity index is 2.08. The SMILES string of the molecule is CCN(CC)c1cc[c]([Sn]([c]2ccccc2)([c]2ccccc2)[c]2ccc(N(CC)CC)cc2C)c(C)c1. The van der Waals surface area contributed by atoms with E-state index in [1.54, 1.807) is 7.16 Å². The van der Waals surface area contributed by atoms with Crippen LogP contribution in [0.2, 0.25) is 0 Å². The maximum absolute atomic E-state index is 3.68. The molecule has 0 spiro atoms. The molecule has 192 valence electrons. The molecule has 0 amide bonds. The molecule has 0 saturated carbocycles. The fourth-order valence-corrected chi connectivity index (χ4v) is 21.0. The average molecular weight is 597 g/mol. The van der Waals surface area contributed by atoms with Crippen LogP contribution in [0.3, 0.4) is 0 Å². The van der Waals surface area contributed by atoms with Crippen molar-refractivity contribution in [3.05, 3.63) is 108 Å². The summed E-state index contributed by atoms with van der Waals surface area (Å²) < 4.78 is 6.09. The molecule has 0 N–H and O–H groups in total. The molecule has 0 heterocycles. The van der Waals surface area contributed by atoms with E-state index < -0.39 is 18.4 Å². The Morgan fingerprint density at radius 2 is 0.838 bits per heavy atom. The van der Waals surface area contributed by atoms with Crippen molar-refractivity contribution in [3.63, 3.8) is 0 Å². The second-order valence-corrected chi connectivity index (χ2v) is 20.5. The molecule has 0 aliphatic rings. The van der Waals surface area contributed by atoms with Crippen LogP contribution >= 0.6 is 0 Å². The van der Waals surface area contributed by atoms with Crippen LogP contribution in [-0.4, -0.2) is 44.6 Å². The minimum atomic E-state index is -3.68. The Labute approximate surface area is 228 Å². The van der Waals surface area contributed by atoms with Crippen molar-refractivity contribution >= 4 is 44.1 Å². The first-order valence-corrected chi connectivity index (χ1v) is 19.5. The topological polar surface area (TPSA) is 6.48 Å². The summed E-state index contributed by atoms with van der Waals surface area (Å²) in [5.41, 5.74) is 5.45. The summed E-state index contributed by atoms with van der Waals surface area (Å²) in [5.74, 6) is 0. The molecule has 4 aromatic rings. The molecule has 3 heteroatoms. The molecule has 4 rings (SSSR count). The number of aryl methyl sites for hydroxylation is 2. The summed E-state index contributed by atoms with van der Waals surface area (Å²) in [6, 6.07) is 37.3. The van der Waals surface area contributed by atoms with Gasteiger partial charge in [0.15, 0.2) is 0 Å². The van der Waals surface area contributed by atoms with E-state index in [2.05, 4.69) is 148 Å². The fourth-order valence-electron chi connectivity index (χ4n) is 6.02. The summed E-state index contributed by atoms with van der Waals surface area (Å²) in [6.07, 6.45) is 0. The molecule has 37 heavy (non-hydrogen) atoms. The predicted molar refractivity (Wildman–Crippen MR) is 167 cm³/mol. The number of benzene rings is 4. The molecule has 0 atom stereocenters. The molecule has 4 aromatic carbocycles. The number of hydrogen-bond acceptors (Lipinski definition) is 2. The molecule has 0 fully saturated rings. The van der Waals surface area contributed by atoms with Gasteiger partial charge in [-0.1, -0.05) is 0 Å². The van der Waals surface area contributed by atoms with Crippen LogP contribution in [-0.2, 0) is 0 Å². The second-order valence-electron chi connectivity index (χ2n) is 9.83. The van der Waals surface area contributed by atoms with Crippen LogP contribution in [0.15, 0.2) is 97.1 Å². The Morgan fingerprint density at radius 3 is 1.14 bits per heavy atom. The van der Waals surface area contributed by atoms with E-state index >= 15 is 0 Å². The Morgan fingerprint density at radius 1 is 0.486 bits per heavy atom. The third kappa shape index (κ3) is 5.18. The molecule has 0 aromatic heterocycles. The Kier molecular flexibility index (Phi) is 9.02. The molecular weight excluding hydrogens is 555 g/mol. The fraction of sp³-hybridized carbons (Fsp3) is 0.294. The van der Waals surface area contributed by atoms with E-state index in [1.165, 1.54) is 29.7 Å². The summed E-state index contributed by atoms with van der Waals surface area (Å²) in [4.78, 5) is 4.90. The number of rotatable bonds is 10. The zero-order chi connectivity index (χ0) is 26.4. The van der Waals surface area contributed by atoms with Crippen LogP contribution < -0.4 is 24.1 Å². The molecule has 2 nitrogen and oxygen atoms in total. The van der Waals surface area contributed by atoms with Crippen molar-refractivity contribution in [1.82, 2.24) is 0 Å². The van der Waals surface area contributed by atoms with Crippen molar-refractivity contribution in [1.29, 1.82) is 0 Å². The third-order valence-corrected chi connectivity index (χ3v) is 22.6. The number of anilines is 2. The molecule has 0 radical (unpaired) electrons. The molecular formula is C34H42N2Sn. The monoisotopic (exact) mass is 598 g/mol. The van der Waals surface area contributed by atoms with Crippen molar-refractivity contribution in [2.24, 2.45) is 0 Å². The van der Waals surface area contributed by atoms with Gasteiger partial charge in [0.25, 0.3) is 0 Å². The van der Waals surface area contributed by atoms with Gasteiger partial charge >= 0.3 is 230 Å². The maximum atomic E-state index is 2.47. The predicted octanol–water partition coefficient (Wildman–Crippen LogP) is 5.37. The summed E-state index contributed by atoms with van der Waals surface area (Å²) in [6.45, 7) is 17.7. The van der Waals surface area contributed by atoms with Crippen molar-refractivity contribution < 1.29 is 0 Å². The van der Waals surface area contributed by atoms with Gasteiger partial charge in [0.1, 0.15) is 0 Å². The van der Waals surface area contributed by atoms with E-state index in [0.717, 1.165) is 26.2 Å². The first-order chi connectivity index (χ1) is 18.0. The standard InChI is InChI=1S/2C11H16N.2C6H5.Sn/c2*1-4-12(5-2)11-8-6-7-10(3)9-11;2*1-2-4-6-5-3-1;/h2*6,8-9H,4-5H2,1-3H3;2*1-5H;. The molecule has 0 bridgehead atoms. The molecule has 0 aliphatic carbocycles. The summed E-state index contributed by atoms with van der Waals surface area (Å²) >= 11 is -3.68. The van der Waals surface area contributed by atoms with Gasteiger partial charge in [-0.15, -0.1) is 0 Å². The van der Waals surface area contributed by atoms with Crippen molar-refractivity contribution in [2.45, 2.75) is 41.5 Å². The summed E-state index contributed by atoms with van der Waals surface area (Å²) in [7, 11) is 0. The Hall–Kier alpha value is -2.72. The van der Waals surface area contributed by atoms with Crippen molar-refractivity contribution in [3.8, 4) is 0 Å². The first-order valence-electron chi connectivity index (χ1n) is 13.8. The second kappa shape index (κ2) is 12.2. The van der Waals surface area contributed by atoms with Gasteiger partial charge in [0, 0.05) is 0 Å². The third-order valence-electron chi connectivity index (χ3n) is 7.90. The van der Waals surface area contributed by atoms with Crippen LogP contribution in [0.1, 0.15) is 38.8 Å².